The van der Waals surface area contributed by atoms with Gasteiger partial charge < -0.3 is 4.55 Å². The average molecular weight is 199 g/mol. The van der Waals surface area contributed by atoms with Crippen molar-refractivity contribution in [3.05, 3.63) is 0 Å². The van der Waals surface area contributed by atoms with E-state index in [0.717, 1.165) is 11.7 Å². The molecule has 11 heavy (non-hydrogen) atoms. The van der Waals surface area contributed by atoms with E-state index >= 15 is 0 Å². The molecule has 0 radical (unpaired) electrons. The predicted octanol–water partition coefficient (Wildman–Crippen LogP) is 0.246. The van der Waals surface area contributed by atoms with Gasteiger partial charge in [0.05, 0.1) is 0 Å². The molecule has 0 spiro atoms. The summed E-state index contributed by atoms with van der Waals surface area (Å²) in [6.07, 6.45) is 2.76. The van der Waals surface area contributed by atoms with Crippen molar-refractivity contribution in [3.63, 3.8) is 0 Å². The van der Waals surface area contributed by atoms with E-state index in [1.165, 1.54) is 24.4 Å². The Hall–Kier alpha value is -0.110. The third kappa shape index (κ3) is 17.7. The summed E-state index contributed by atoms with van der Waals surface area (Å²) in [5, 5.41) is 0. The van der Waals surface area contributed by atoms with E-state index in [4.69, 9.17) is 22.3 Å². The van der Waals surface area contributed by atoms with E-state index < -0.39 is 10.4 Å². The van der Waals surface area contributed by atoms with Gasteiger partial charge in [-0.2, -0.15) is 0 Å². The van der Waals surface area contributed by atoms with Crippen LogP contribution in [0.1, 0.15) is 12.8 Å². The van der Waals surface area contributed by atoms with Gasteiger partial charge in [0.15, 0.2) is 0 Å². The van der Waals surface area contributed by atoms with E-state index in [9.17, 15) is 0 Å². The first-order chi connectivity index (χ1) is 4.93. The standard InChI is InChI=1S/C4H8NS.H2O4S/c5-6-3-4-1-2-4;1-5(2,3)4/h4-5H,1-3H2;(H2,1,2,3,4)/q+1;/p-1. The number of rotatable bonds is 2. The fourth-order valence-corrected chi connectivity index (χ4v) is 0.971. The summed E-state index contributed by atoms with van der Waals surface area (Å²) in [4.78, 5) is 0. The molecule has 1 fully saturated rings. The van der Waals surface area contributed by atoms with Gasteiger partial charge in [0.1, 0.15) is 0 Å². The monoisotopic (exact) mass is 199 g/mol. The van der Waals surface area contributed by atoms with Crippen LogP contribution in [0.15, 0.2) is 0 Å². The van der Waals surface area contributed by atoms with Crippen LogP contribution in [0.25, 0.3) is 0 Å². The number of nitrogens with one attached hydrogen (secondary N) is 1. The highest BCUT2D eigenvalue weighted by Crippen LogP contribution is 2.27. The first-order valence-electron chi connectivity index (χ1n) is 2.90. The molecule has 66 valence electrons. The van der Waals surface area contributed by atoms with E-state index in [-0.39, 0.29) is 0 Å². The third-order valence-corrected chi connectivity index (χ3v) is 1.65. The zero-order valence-corrected chi connectivity index (χ0v) is 7.32. The summed E-state index contributed by atoms with van der Waals surface area (Å²) in [5.74, 6) is 1.99. The summed E-state index contributed by atoms with van der Waals surface area (Å²) < 4.78 is 39.5. The topological polar surface area (TPSA) is 101 Å². The average Bonchev–Trinajstić information content (AvgIpc) is 2.45. The second kappa shape index (κ2) is 4.70. The number of hydrogen-bond acceptors (Lipinski definition) is 4. The second-order valence-corrected chi connectivity index (χ2v) is 3.66. The molecule has 7 heteroatoms. The summed E-state index contributed by atoms with van der Waals surface area (Å²) >= 11 is 1.22. The van der Waals surface area contributed by atoms with Gasteiger partial charge in [-0.3, -0.25) is 4.55 Å². The minimum atomic E-state index is -4.92. The van der Waals surface area contributed by atoms with Crippen molar-refractivity contribution in [1.29, 1.82) is 4.78 Å². The van der Waals surface area contributed by atoms with Crippen molar-refractivity contribution in [2.75, 3.05) is 5.75 Å². The third-order valence-electron chi connectivity index (χ3n) is 1.02. The van der Waals surface area contributed by atoms with Crippen molar-refractivity contribution in [2.24, 2.45) is 5.92 Å². The lowest BCUT2D eigenvalue weighted by Gasteiger charge is -1.88. The first kappa shape index (κ1) is 10.9. The van der Waals surface area contributed by atoms with Crippen molar-refractivity contribution in [3.8, 4) is 0 Å². The van der Waals surface area contributed by atoms with Crippen LogP contribution < -0.4 is 0 Å². The Morgan fingerprint density at radius 3 is 2.09 bits per heavy atom. The molecule has 0 amide bonds. The molecule has 0 aliphatic heterocycles. The normalized spacial score (nSPS) is 16.5. The van der Waals surface area contributed by atoms with Crippen LogP contribution in [0.3, 0.4) is 0 Å². The molecule has 0 bridgehead atoms. The van der Waals surface area contributed by atoms with E-state index in [0.29, 0.717) is 0 Å². The van der Waals surface area contributed by atoms with Gasteiger partial charge in [-0.25, -0.2) is 8.42 Å². The molecule has 0 aromatic rings. The lowest BCUT2D eigenvalue weighted by atomic mass is 10.5. The fourth-order valence-electron chi connectivity index (χ4n) is 0.402. The van der Waals surface area contributed by atoms with Gasteiger partial charge in [0.2, 0.25) is 16.2 Å². The Bertz CT molecular complexity index is 200. The van der Waals surface area contributed by atoms with Gasteiger partial charge in [-0.15, -0.1) is 0 Å². The Morgan fingerprint density at radius 2 is 2.00 bits per heavy atom. The van der Waals surface area contributed by atoms with Crippen LogP contribution in [0.5, 0.6) is 0 Å². The van der Waals surface area contributed by atoms with Gasteiger partial charge in [-0.05, 0) is 17.6 Å². The molecule has 1 rings (SSSR count). The second-order valence-electron chi connectivity index (χ2n) is 2.18. The first-order valence-corrected chi connectivity index (χ1v) is 5.25. The van der Waals surface area contributed by atoms with Gasteiger partial charge in [0.25, 0.3) is 0 Å². The highest BCUT2D eigenvalue weighted by molar-refractivity contribution is 7.79. The van der Waals surface area contributed by atoms with E-state index in [1.807, 2.05) is 0 Å². The molecule has 1 aliphatic carbocycles. The van der Waals surface area contributed by atoms with Crippen LogP contribution in [-0.4, -0.2) is 23.3 Å². The van der Waals surface area contributed by atoms with Gasteiger partial charge >= 0.3 is 11.6 Å². The minimum absolute atomic E-state index is 0.924. The summed E-state index contributed by atoms with van der Waals surface area (Å²) in [6.45, 7) is 0. The Labute approximate surface area is 69.3 Å². The molecule has 0 heterocycles. The summed E-state index contributed by atoms with van der Waals surface area (Å²) in [5.41, 5.74) is 0. The van der Waals surface area contributed by atoms with Crippen LogP contribution in [0, 0.1) is 10.7 Å². The SMILES string of the molecule is N=[S+]CC1CC1.O=S(=O)([O-])O. The largest absolute Gasteiger partial charge is 0.726 e. The van der Waals surface area contributed by atoms with Crippen LogP contribution in [0.4, 0.5) is 0 Å². The molecule has 0 aromatic carbocycles. The minimum Gasteiger partial charge on any atom is -0.726 e. The highest BCUT2D eigenvalue weighted by Gasteiger charge is 2.25. The lowest BCUT2D eigenvalue weighted by Crippen LogP contribution is -1.90. The zero-order chi connectivity index (χ0) is 8.91. The van der Waals surface area contributed by atoms with Gasteiger partial charge in [-0.1, -0.05) is 0 Å². The lowest BCUT2D eigenvalue weighted by molar-refractivity contribution is 0.366. The maximum Gasteiger partial charge on any atom is 0.307 e. The molecule has 0 atom stereocenters. The van der Waals surface area contributed by atoms with Crippen molar-refractivity contribution in [1.82, 2.24) is 0 Å². The molecule has 1 saturated carbocycles. The van der Waals surface area contributed by atoms with Crippen LogP contribution >= 0.6 is 0 Å². The van der Waals surface area contributed by atoms with Crippen LogP contribution in [-0.2, 0) is 22.0 Å². The molecule has 5 nitrogen and oxygen atoms in total. The molecule has 0 aromatic heterocycles. The molecular weight excluding hydrogens is 190 g/mol. The quantitative estimate of drug-likeness (QED) is 0.378. The maximum absolute atomic E-state index is 8.63. The van der Waals surface area contributed by atoms with Crippen LogP contribution in [0.2, 0.25) is 0 Å². The number of hydrogen-bond donors (Lipinski definition) is 2. The molecule has 1 aliphatic rings. The summed E-state index contributed by atoms with van der Waals surface area (Å²) in [6, 6.07) is 0. The van der Waals surface area contributed by atoms with Crippen molar-refractivity contribution >= 4 is 22.0 Å². The van der Waals surface area contributed by atoms with Crippen molar-refractivity contribution < 1.29 is 17.5 Å². The molecule has 0 unspecified atom stereocenters. The highest BCUT2D eigenvalue weighted by atomic mass is 32.3. The smallest absolute Gasteiger partial charge is 0.307 e. The Kier molecular flexibility index (Phi) is 4.66. The van der Waals surface area contributed by atoms with E-state index in [1.54, 1.807) is 0 Å². The Balaban J connectivity index is 0.000000187. The molecular formula is C4H9NO4S2. The fraction of sp³-hybridized carbons (Fsp3) is 1.00. The maximum atomic E-state index is 8.63. The van der Waals surface area contributed by atoms with E-state index in [2.05, 4.69) is 0 Å². The summed E-state index contributed by atoms with van der Waals surface area (Å²) in [7, 11) is -4.92. The molecule has 0 saturated heterocycles. The zero-order valence-electron chi connectivity index (χ0n) is 5.69. The van der Waals surface area contributed by atoms with Crippen molar-refractivity contribution in [2.45, 2.75) is 12.8 Å². The van der Waals surface area contributed by atoms with Gasteiger partial charge in [0, 0.05) is 5.92 Å². The predicted molar refractivity (Wildman–Crippen MR) is 40.0 cm³/mol. The molecule has 2 N–H and O–H groups in total. The Morgan fingerprint density at radius 1 is 1.64 bits per heavy atom.